The normalized spacial score (nSPS) is 14.2. The fourth-order valence-corrected chi connectivity index (χ4v) is 2.13. The number of rotatable bonds is 3. The van der Waals surface area contributed by atoms with Crippen molar-refractivity contribution in [2.45, 2.75) is 19.3 Å². The van der Waals surface area contributed by atoms with Crippen molar-refractivity contribution in [2.24, 2.45) is 5.92 Å². The van der Waals surface area contributed by atoms with E-state index in [9.17, 15) is 4.79 Å². The SMILES string of the molecule is Cl.Nc1ncc(-c2ccc(NC(=O)C3CCC3)cc2)[nH]1. The zero-order chi connectivity index (χ0) is 13.2. The number of H-pyrrole nitrogens is 1. The number of nitrogens with two attached hydrogens (primary N) is 1. The number of aromatic amines is 1. The van der Waals surface area contributed by atoms with E-state index in [2.05, 4.69) is 15.3 Å². The molecule has 1 amide bonds. The topological polar surface area (TPSA) is 83.8 Å². The molecule has 0 unspecified atom stereocenters. The van der Waals surface area contributed by atoms with Gasteiger partial charge in [0.1, 0.15) is 0 Å². The first-order chi connectivity index (χ1) is 9.22. The summed E-state index contributed by atoms with van der Waals surface area (Å²) in [4.78, 5) is 18.7. The molecule has 6 heteroatoms. The van der Waals surface area contributed by atoms with Gasteiger partial charge in [0, 0.05) is 11.6 Å². The van der Waals surface area contributed by atoms with Crippen molar-refractivity contribution < 1.29 is 4.79 Å². The Morgan fingerprint density at radius 3 is 2.50 bits per heavy atom. The summed E-state index contributed by atoms with van der Waals surface area (Å²) in [6, 6.07) is 7.65. The second-order valence-electron chi connectivity index (χ2n) is 4.88. The van der Waals surface area contributed by atoms with E-state index in [0.29, 0.717) is 5.95 Å². The quantitative estimate of drug-likeness (QED) is 0.813. The third-order valence-corrected chi connectivity index (χ3v) is 3.53. The van der Waals surface area contributed by atoms with Gasteiger partial charge in [-0.3, -0.25) is 4.79 Å². The van der Waals surface area contributed by atoms with Crippen LogP contribution in [0.1, 0.15) is 19.3 Å². The monoisotopic (exact) mass is 292 g/mol. The van der Waals surface area contributed by atoms with Crippen molar-refractivity contribution in [1.82, 2.24) is 9.97 Å². The summed E-state index contributed by atoms with van der Waals surface area (Å²) < 4.78 is 0. The molecule has 0 saturated heterocycles. The molecule has 2 aromatic rings. The van der Waals surface area contributed by atoms with Crippen LogP contribution in [0.25, 0.3) is 11.3 Å². The van der Waals surface area contributed by atoms with E-state index in [1.54, 1.807) is 6.20 Å². The number of nitrogens with one attached hydrogen (secondary N) is 2. The molecule has 3 rings (SSSR count). The van der Waals surface area contributed by atoms with Crippen LogP contribution in [0.3, 0.4) is 0 Å². The standard InChI is InChI=1S/C14H16N4O.ClH/c15-14-16-8-12(18-14)9-4-6-11(7-5-9)17-13(19)10-2-1-3-10;/h4-8,10H,1-3H2,(H,17,19)(H3,15,16,18);1H. The molecular weight excluding hydrogens is 276 g/mol. The van der Waals surface area contributed by atoms with Crippen molar-refractivity contribution in [3.8, 4) is 11.3 Å². The van der Waals surface area contributed by atoms with Gasteiger partial charge in [0.05, 0.1) is 11.9 Å². The van der Waals surface area contributed by atoms with E-state index >= 15 is 0 Å². The number of halogens is 1. The van der Waals surface area contributed by atoms with Crippen LogP contribution in [0.4, 0.5) is 11.6 Å². The summed E-state index contributed by atoms with van der Waals surface area (Å²) in [5, 5.41) is 2.94. The van der Waals surface area contributed by atoms with E-state index in [0.717, 1.165) is 36.2 Å². The minimum Gasteiger partial charge on any atom is -0.369 e. The van der Waals surface area contributed by atoms with Gasteiger partial charge in [-0.25, -0.2) is 4.98 Å². The minimum absolute atomic E-state index is 0. The number of nitrogen functional groups attached to an aromatic ring is 1. The minimum atomic E-state index is 0. The number of anilines is 2. The lowest BCUT2D eigenvalue weighted by Gasteiger charge is -2.24. The van der Waals surface area contributed by atoms with Gasteiger partial charge in [0.15, 0.2) is 5.95 Å². The van der Waals surface area contributed by atoms with E-state index in [1.807, 2.05) is 24.3 Å². The number of carbonyl (C=O) groups is 1. The molecule has 1 aliphatic rings. The van der Waals surface area contributed by atoms with Crippen LogP contribution in [0.15, 0.2) is 30.5 Å². The molecule has 1 saturated carbocycles. The molecule has 0 bridgehead atoms. The summed E-state index contributed by atoms with van der Waals surface area (Å²) in [6.45, 7) is 0. The van der Waals surface area contributed by atoms with E-state index < -0.39 is 0 Å². The number of imidazole rings is 1. The Morgan fingerprint density at radius 1 is 1.30 bits per heavy atom. The maximum absolute atomic E-state index is 11.8. The van der Waals surface area contributed by atoms with Gasteiger partial charge in [-0.2, -0.15) is 0 Å². The number of hydrogen-bond donors (Lipinski definition) is 3. The predicted molar refractivity (Wildman–Crippen MR) is 81.7 cm³/mol. The van der Waals surface area contributed by atoms with Gasteiger partial charge in [-0.15, -0.1) is 12.4 Å². The second kappa shape index (κ2) is 5.96. The Kier molecular flexibility index (Phi) is 4.29. The van der Waals surface area contributed by atoms with Crippen molar-refractivity contribution in [3.63, 3.8) is 0 Å². The highest BCUT2D eigenvalue weighted by Gasteiger charge is 2.24. The van der Waals surface area contributed by atoms with Crippen LogP contribution >= 0.6 is 12.4 Å². The van der Waals surface area contributed by atoms with Gasteiger partial charge < -0.3 is 16.0 Å². The highest BCUT2D eigenvalue weighted by Crippen LogP contribution is 2.28. The molecule has 1 aliphatic carbocycles. The van der Waals surface area contributed by atoms with Crippen LogP contribution in [-0.4, -0.2) is 15.9 Å². The first-order valence-electron chi connectivity index (χ1n) is 6.44. The molecule has 0 aliphatic heterocycles. The van der Waals surface area contributed by atoms with Gasteiger partial charge in [0.2, 0.25) is 5.91 Å². The van der Waals surface area contributed by atoms with Crippen molar-refractivity contribution in [1.29, 1.82) is 0 Å². The second-order valence-corrected chi connectivity index (χ2v) is 4.88. The van der Waals surface area contributed by atoms with Gasteiger partial charge in [-0.05, 0) is 30.5 Å². The van der Waals surface area contributed by atoms with E-state index in [1.165, 1.54) is 0 Å². The molecule has 0 radical (unpaired) electrons. The lowest BCUT2D eigenvalue weighted by atomic mass is 9.85. The highest BCUT2D eigenvalue weighted by molar-refractivity contribution is 5.93. The van der Waals surface area contributed by atoms with Crippen LogP contribution in [0.5, 0.6) is 0 Å². The number of aromatic nitrogens is 2. The summed E-state index contributed by atoms with van der Waals surface area (Å²) in [5.41, 5.74) is 8.23. The Morgan fingerprint density at radius 2 is 2.00 bits per heavy atom. The lowest BCUT2D eigenvalue weighted by Crippen LogP contribution is -2.27. The summed E-state index contributed by atoms with van der Waals surface area (Å²) >= 11 is 0. The molecule has 20 heavy (non-hydrogen) atoms. The third kappa shape index (κ3) is 2.93. The van der Waals surface area contributed by atoms with Crippen LogP contribution < -0.4 is 11.1 Å². The van der Waals surface area contributed by atoms with Gasteiger partial charge >= 0.3 is 0 Å². The molecule has 1 aromatic carbocycles. The summed E-state index contributed by atoms with van der Waals surface area (Å²) in [7, 11) is 0. The number of carbonyl (C=O) groups excluding carboxylic acids is 1. The Bertz CT molecular complexity index is 589. The van der Waals surface area contributed by atoms with E-state index in [-0.39, 0.29) is 24.2 Å². The van der Waals surface area contributed by atoms with Crippen LogP contribution in [-0.2, 0) is 4.79 Å². The number of nitrogens with zero attached hydrogens (tertiary/aromatic N) is 1. The number of amides is 1. The number of benzene rings is 1. The molecule has 1 fully saturated rings. The summed E-state index contributed by atoms with van der Waals surface area (Å²) in [5.74, 6) is 0.731. The fraction of sp³-hybridized carbons (Fsp3) is 0.286. The fourth-order valence-electron chi connectivity index (χ4n) is 2.13. The van der Waals surface area contributed by atoms with E-state index in [4.69, 9.17) is 5.73 Å². The molecule has 1 aromatic heterocycles. The lowest BCUT2D eigenvalue weighted by molar-refractivity contribution is -0.122. The molecule has 5 nitrogen and oxygen atoms in total. The average molecular weight is 293 g/mol. The van der Waals surface area contributed by atoms with Crippen molar-refractivity contribution in [2.75, 3.05) is 11.1 Å². The first-order valence-corrected chi connectivity index (χ1v) is 6.44. The maximum atomic E-state index is 11.8. The van der Waals surface area contributed by atoms with Gasteiger partial charge in [-0.1, -0.05) is 18.6 Å². The highest BCUT2D eigenvalue weighted by atomic mass is 35.5. The molecule has 0 spiro atoms. The maximum Gasteiger partial charge on any atom is 0.227 e. The third-order valence-electron chi connectivity index (χ3n) is 3.53. The Labute approximate surface area is 123 Å². The Balaban J connectivity index is 0.00000147. The van der Waals surface area contributed by atoms with Crippen LogP contribution in [0, 0.1) is 5.92 Å². The zero-order valence-electron chi connectivity index (χ0n) is 10.9. The molecule has 1 heterocycles. The molecule has 106 valence electrons. The predicted octanol–water partition coefficient (Wildman–Crippen LogP) is 2.82. The molecule has 4 N–H and O–H groups in total. The first kappa shape index (κ1) is 14.4. The van der Waals surface area contributed by atoms with Crippen molar-refractivity contribution in [3.05, 3.63) is 30.5 Å². The zero-order valence-corrected chi connectivity index (χ0v) is 11.7. The smallest absolute Gasteiger partial charge is 0.227 e. The van der Waals surface area contributed by atoms with Gasteiger partial charge in [0.25, 0.3) is 0 Å². The molecular formula is C14H17ClN4O. The largest absolute Gasteiger partial charge is 0.369 e. The number of hydrogen-bond acceptors (Lipinski definition) is 3. The van der Waals surface area contributed by atoms with Crippen LogP contribution in [0.2, 0.25) is 0 Å². The summed E-state index contributed by atoms with van der Waals surface area (Å²) in [6.07, 6.45) is 4.88. The Hall–Kier alpha value is -2.01. The average Bonchev–Trinajstić information content (AvgIpc) is 2.74. The molecule has 0 atom stereocenters. The van der Waals surface area contributed by atoms with Crippen molar-refractivity contribution >= 4 is 29.9 Å².